The molecule has 0 saturated carbocycles. The molecule has 2 rings (SSSR count). The lowest BCUT2D eigenvalue weighted by atomic mass is 10.4. The third-order valence-corrected chi connectivity index (χ3v) is 3.51. The van der Waals surface area contributed by atoms with E-state index >= 15 is 0 Å². The lowest BCUT2D eigenvalue weighted by molar-refractivity contribution is 0.799. The highest BCUT2D eigenvalue weighted by molar-refractivity contribution is 9.10. The zero-order valence-electron chi connectivity index (χ0n) is 7.70. The molecular formula is C9H10BrN3S. The summed E-state index contributed by atoms with van der Waals surface area (Å²) in [6.45, 7) is 0.459. The van der Waals surface area contributed by atoms with E-state index in [9.17, 15) is 0 Å². The van der Waals surface area contributed by atoms with Crippen LogP contribution in [0.2, 0.25) is 0 Å². The third kappa shape index (κ3) is 1.51. The summed E-state index contributed by atoms with van der Waals surface area (Å²) < 4.78 is 2.89. The van der Waals surface area contributed by atoms with Gasteiger partial charge in [-0.25, -0.2) is 4.98 Å². The highest BCUT2D eigenvalue weighted by atomic mass is 79.9. The average molecular weight is 272 g/mol. The van der Waals surface area contributed by atoms with Gasteiger partial charge in [0.05, 0.1) is 17.1 Å². The fourth-order valence-electron chi connectivity index (χ4n) is 1.37. The molecule has 0 saturated heterocycles. The highest BCUT2D eigenvalue weighted by Crippen LogP contribution is 2.31. The van der Waals surface area contributed by atoms with Crippen molar-refractivity contribution in [3.63, 3.8) is 0 Å². The van der Waals surface area contributed by atoms with Gasteiger partial charge in [0.25, 0.3) is 0 Å². The van der Waals surface area contributed by atoms with E-state index in [4.69, 9.17) is 5.73 Å². The van der Waals surface area contributed by atoms with Crippen LogP contribution in [0.15, 0.2) is 22.1 Å². The standard InChI is InChI=1S/C9H10BrN3S/c1-13-7(5-11)12-9(10)8(13)6-3-2-4-14-6/h2-4H,5,11H2,1H3. The second kappa shape index (κ2) is 3.84. The summed E-state index contributed by atoms with van der Waals surface area (Å²) >= 11 is 5.15. The smallest absolute Gasteiger partial charge is 0.133 e. The van der Waals surface area contributed by atoms with Crippen LogP contribution in [-0.2, 0) is 13.6 Å². The van der Waals surface area contributed by atoms with Crippen LogP contribution in [0.25, 0.3) is 10.6 Å². The van der Waals surface area contributed by atoms with E-state index in [1.807, 2.05) is 17.7 Å². The number of hydrogen-bond acceptors (Lipinski definition) is 3. The van der Waals surface area contributed by atoms with E-state index in [0.29, 0.717) is 6.54 Å². The Labute approximate surface area is 94.7 Å². The molecule has 5 heteroatoms. The van der Waals surface area contributed by atoms with Crippen LogP contribution in [0.3, 0.4) is 0 Å². The zero-order chi connectivity index (χ0) is 10.1. The normalized spacial score (nSPS) is 10.8. The van der Waals surface area contributed by atoms with E-state index in [1.54, 1.807) is 11.3 Å². The molecule has 0 unspecified atom stereocenters. The molecule has 0 amide bonds. The van der Waals surface area contributed by atoms with Gasteiger partial charge in [0.1, 0.15) is 10.4 Å². The first-order valence-electron chi connectivity index (χ1n) is 4.19. The summed E-state index contributed by atoms with van der Waals surface area (Å²) in [5, 5.41) is 2.05. The number of hydrogen-bond donors (Lipinski definition) is 1. The van der Waals surface area contributed by atoms with Crippen LogP contribution >= 0.6 is 27.3 Å². The van der Waals surface area contributed by atoms with Crippen LogP contribution in [0, 0.1) is 0 Å². The first kappa shape index (κ1) is 9.89. The minimum absolute atomic E-state index is 0.459. The van der Waals surface area contributed by atoms with Gasteiger partial charge in [0, 0.05) is 7.05 Å². The van der Waals surface area contributed by atoms with Gasteiger partial charge in [-0.2, -0.15) is 0 Å². The van der Waals surface area contributed by atoms with Crippen molar-refractivity contribution in [3.8, 4) is 10.6 Å². The van der Waals surface area contributed by atoms with Crippen molar-refractivity contribution in [2.45, 2.75) is 6.54 Å². The van der Waals surface area contributed by atoms with Crippen molar-refractivity contribution >= 4 is 27.3 Å². The topological polar surface area (TPSA) is 43.8 Å². The minimum atomic E-state index is 0.459. The lowest BCUT2D eigenvalue weighted by Gasteiger charge is -2.01. The monoisotopic (exact) mass is 271 g/mol. The lowest BCUT2D eigenvalue weighted by Crippen LogP contribution is -2.05. The minimum Gasteiger partial charge on any atom is -0.328 e. The molecular weight excluding hydrogens is 262 g/mol. The van der Waals surface area contributed by atoms with Crippen molar-refractivity contribution in [2.24, 2.45) is 12.8 Å². The molecule has 2 aromatic rings. The van der Waals surface area contributed by atoms with Gasteiger partial charge in [0.2, 0.25) is 0 Å². The molecule has 2 N–H and O–H groups in total. The summed E-state index contributed by atoms with van der Waals surface area (Å²) in [5.41, 5.74) is 6.68. The van der Waals surface area contributed by atoms with Crippen molar-refractivity contribution in [2.75, 3.05) is 0 Å². The van der Waals surface area contributed by atoms with E-state index in [0.717, 1.165) is 16.1 Å². The Kier molecular flexibility index (Phi) is 2.71. The van der Waals surface area contributed by atoms with Crippen LogP contribution in [-0.4, -0.2) is 9.55 Å². The summed E-state index contributed by atoms with van der Waals surface area (Å²) in [6.07, 6.45) is 0. The molecule has 0 aliphatic heterocycles. The summed E-state index contributed by atoms with van der Waals surface area (Å²) in [4.78, 5) is 5.55. The molecule has 0 atom stereocenters. The predicted molar refractivity (Wildman–Crippen MR) is 62.1 cm³/mol. The molecule has 0 bridgehead atoms. The van der Waals surface area contributed by atoms with Crippen LogP contribution < -0.4 is 5.73 Å². The third-order valence-electron chi connectivity index (χ3n) is 2.08. The molecule has 0 radical (unpaired) electrons. The number of aromatic nitrogens is 2. The van der Waals surface area contributed by atoms with Crippen molar-refractivity contribution < 1.29 is 0 Å². The average Bonchev–Trinajstić information content (AvgIpc) is 2.74. The fraction of sp³-hybridized carbons (Fsp3) is 0.222. The zero-order valence-corrected chi connectivity index (χ0v) is 10.1. The summed E-state index contributed by atoms with van der Waals surface area (Å²) in [7, 11) is 1.98. The molecule has 74 valence electrons. The molecule has 14 heavy (non-hydrogen) atoms. The van der Waals surface area contributed by atoms with Gasteiger partial charge in [-0.3, -0.25) is 0 Å². The Morgan fingerprint density at radius 2 is 2.43 bits per heavy atom. The Morgan fingerprint density at radius 3 is 2.93 bits per heavy atom. The summed E-state index contributed by atoms with van der Waals surface area (Å²) in [6, 6.07) is 4.11. The van der Waals surface area contributed by atoms with Crippen LogP contribution in [0.4, 0.5) is 0 Å². The number of imidazole rings is 1. The van der Waals surface area contributed by atoms with Crippen molar-refractivity contribution in [3.05, 3.63) is 27.9 Å². The first-order chi connectivity index (χ1) is 6.74. The Hall–Kier alpha value is -0.650. The molecule has 0 fully saturated rings. The van der Waals surface area contributed by atoms with Crippen LogP contribution in [0.1, 0.15) is 5.82 Å². The summed E-state index contributed by atoms with van der Waals surface area (Å²) in [5.74, 6) is 0.889. The largest absolute Gasteiger partial charge is 0.328 e. The number of halogens is 1. The van der Waals surface area contributed by atoms with E-state index in [2.05, 4.69) is 32.4 Å². The van der Waals surface area contributed by atoms with Gasteiger partial charge in [-0.15, -0.1) is 11.3 Å². The van der Waals surface area contributed by atoms with Gasteiger partial charge < -0.3 is 10.3 Å². The fourth-order valence-corrected chi connectivity index (χ4v) is 2.99. The Morgan fingerprint density at radius 1 is 1.64 bits per heavy atom. The van der Waals surface area contributed by atoms with E-state index in [-0.39, 0.29) is 0 Å². The molecule has 0 spiro atoms. The molecule has 0 aliphatic rings. The second-order valence-electron chi connectivity index (χ2n) is 2.91. The SMILES string of the molecule is Cn1c(CN)nc(Br)c1-c1cccs1. The quantitative estimate of drug-likeness (QED) is 0.912. The maximum absolute atomic E-state index is 5.59. The molecule has 0 aliphatic carbocycles. The van der Waals surface area contributed by atoms with Crippen molar-refractivity contribution in [1.82, 2.24) is 9.55 Å². The van der Waals surface area contributed by atoms with Gasteiger partial charge in [-0.1, -0.05) is 6.07 Å². The molecule has 2 aromatic heterocycles. The maximum atomic E-state index is 5.59. The second-order valence-corrected chi connectivity index (χ2v) is 4.61. The first-order valence-corrected chi connectivity index (χ1v) is 5.86. The van der Waals surface area contributed by atoms with E-state index < -0.39 is 0 Å². The Bertz CT molecular complexity index is 433. The molecule has 0 aromatic carbocycles. The van der Waals surface area contributed by atoms with E-state index in [1.165, 1.54) is 4.88 Å². The van der Waals surface area contributed by atoms with Gasteiger partial charge >= 0.3 is 0 Å². The van der Waals surface area contributed by atoms with Crippen LogP contribution in [0.5, 0.6) is 0 Å². The molecule has 2 heterocycles. The van der Waals surface area contributed by atoms with Crippen molar-refractivity contribution in [1.29, 1.82) is 0 Å². The number of thiophene rings is 1. The Balaban J connectivity index is 2.58. The number of rotatable bonds is 2. The van der Waals surface area contributed by atoms with Gasteiger partial charge in [-0.05, 0) is 27.4 Å². The number of nitrogens with zero attached hydrogens (tertiary/aromatic N) is 2. The molecule has 3 nitrogen and oxygen atoms in total. The maximum Gasteiger partial charge on any atom is 0.133 e. The predicted octanol–water partition coefficient (Wildman–Crippen LogP) is 2.37. The highest BCUT2D eigenvalue weighted by Gasteiger charge is 2.13. The number of nitrogens with two attached hydrogens (primary N) is 1. The van der Waals surface area contributed by atoms with Gasteiger partial charge in [0.15, 0.2) is 0 Å².